The third-order valence-corrected chi connectivity index (χ3v) is 3.68. The highest BCUT2D eigenvalue weighted by Crippen LogP contribution is 2.29. The molecule has 1 heterocycles. The van der Waals surface area contributed by atoms with Crippen LogP contribution in [0.15, 0.2) is 24.3 Å². The largest absolute Gasteiger partial charge is 0.464 e. The van der Waals surface area contributed by atoms with Crippen LogP contribution in [0.3, 0.4) is 0 Å². The molecular weight excluding hydrogens is 314 g/mol. The SMILES string of the molecule is CCOC(=O)C(O)Cc1ccc(-c2nc(C)n(C)c2[N+](=O)[O-])cc1. The van der Waals surface area contributed by atoms with Crippen LogP contribution in [-0.2, 0) is 23.0 Å². The molecule has 1 unspecified atom stereocenters. The second kappa shape index (κ2) is 7.22. The summed E-state index contributed by atoms with van der Waals surface area (Å²) >= 11 is 0. The van der Waals surface area contributed by atoms with Crippen LogP contribution in [0.1, 0.15) is 18.3 Å². The lowest BCUT2D eigenvalue weighted by atomic mass is 10.0. The summed E-state index contributed by atoms with van der Waals surface area (Å²) in [4.78, 5) is 26.5. The van der Waals surface area contributed by atoms with Gasteiger partial charge in [0.2, 0.25) is 0 Å². The number of ether oxygens (including phenoxy) is 1. The first-order chi connectivity index (χ1) is 11.3. The molecule has 8 nitrogen and oxygen atoms in total. The minimum atomic E-state index is -1.23. The molecule has 24 heavy (non-hydrogen) atoms. The number of aliphatic hydroxyl groups excluding tert-OH is 1. The molecule has 1 N–H and O–H groups in total. The van der Waals surface area contributed by atoms with Gasteiger partial charge in [0.1, 0.15) is 0 Å². The van der Waals surface area contributed by atoms with Crippen molar-refractivity contribution >= 4 is 11.8 Å². The maximum atomic E-state index is 11.4. The number of aryl methyl sites for hydroxylation is 1. The smallest absolute Gasteiger partial charge is 0.350 e. The summed E-state index contributed by atoms with van der Waals surface area (Å²) in [6.07, 6.45) is -1.12. The molecule has 128 valence electrons. The first-order valence-corrected chi connectivity index (χ1v) is 7.46. The first kappa shape index (κ1) is 17.6. The van der Waals surface area contributed by atoms with Crippen molar-refractivity contribution in [3.63, 3.8) is 0 Å². The second-order valence-corrected chi connectivity index (χ2v) is 5.32. The van der Waals surface area contributed by atoms with Gasteiger partial charge in [0, 0.05) is 18.9 Å². The van der Waals surface area contributed by atoms with E-state index in [4.69, 9.17) is 4.74 Å². The van der Waals surface area contributed by atoms with Gasteiger partial charge in [-0.3, -0.25) is 0 Å². The van der Waals surface area contributed by atoms with Crippen LogP contribution in [-0.4, -0.2) is 38.3 Å². The van der Waals surface area contributed by atoms with Crippen molar-refractivity contribution in [1.82, 2.24) is 9.55 Å². The lowest BCUT2D eigenvalue weighted by Crippen LogP contribution is -2.25. The molecule has 0 aliphatic carbocycles. The van der Waals surface area contributed by atoms with Gasteiger partial charge in [-0.05, 0) is 17.4 Å². The van der Waals surface area contributed by atoms with E-state index in [1.807, 2.05) is 0 Å². The monoisotopic (exact) mass is 333 g/mol. The van der Waals surface area contributed by atoms with E-state index in [0.29, 0.717) is 11.4 Å². The summed E-state index contributed by atoms with van der Waals surface area (Å²) in [5, 5.41) is 21.0. The van der Waals surface area contributed by atoms with E-state index < -0.39 is 17.0 Å². The van der Waals surface area contributed by atoms with Gasteiger partial charge in [-0.2, -0.15) is 0 Å². The van der Waals surface area contributed by atoms with Gasteiger partial charge < -0.3 is 20.0 Å². The van der Waals surface area contributed by atoms with Crippen LogP contribution >= 0.6 is 0 Å². The zero-order chi connectivity index (χ0) is 17.9. The maximum absolute atomic E-state index is 11.4. The molecule has 0 spiro atoms. The van der Waals surface area contributed by atoms with Crippen molar-refractivity contribution in [2.24, 2.45) is 7.05 Å². The lowest BCUT2D eigenvalue weighted by Gasteiger charge is -2.09. The molecule has 1 aromatic heterocycles. The van der Waals surface area contributed by atoms with Crippen LogP contribution in [0.5, 0.6) is 0 Å². The van der Waals surface area contributed by atoms with Crippen LogP contribution in [0, 0.1) is 17.0 Å². The summed E-state index contributed by atoms with van der Waals surface area (Å²) in [7, 11) is 1.59. The van der Waals surface area contributed by atoms with E-state index in [1.165, 1.54) is 4.57 Å². The van der Waals surface area contributed by atoms with Crippen LogP contribution in [0.2, 0.25) is 0 Å². The zero-order valence-electron chi connectivity index (χ0n) is 13.7. The molecular formula is C16H19N3O5. The molecule has 8 heteroatoms. The predicted octanol–water partition coefficient (Wildman–Crippen LogP) is 1.77. The molecule has 0 aliphatic heterocycles. The standard InChI is InChI=1S/C16H19N3O5/c1-4-24-16(21)13(20)9-11-5-7-12(8-6-11)14-15(19(22)23)18(3)10(2)17-14/h5-8,13,20H,4,9H2,1-3H3. The molecule has 0 saturated heterocycles. The minimum Gasteiger partial charge on any atom is -0.464 e. The molecule has 1 aromatic carbocycles. The number of imidazole rings is 1. The van der Waals surface area contributed by atoms with Crippen LogP contribution in [0.25, 0.3) is 11.3 Å². The average Bonchev–Trinajstić information content (AvgIpc) is 2.84. The summed E-state index contributed by atoms with van der Waals surface area (Å²) in [5.74, 6) is -0.206. The number of nitro groups is 1. The number of benzene rings is 1. The fraction of sp³-hybridized carbons (Fsp3) is 0.375. The summed E-state index contributed by atoms with van der Waals surface area (Å²) in [5.41, 5.74) is 1.60. The second-order valence-electron chi connectivity index (χ2n) is 5.32. The topological polar surface area (TPSA) is 107 Å². The fourth-order valence-electron chi connectivity index (χ4n) is 2.35. The van der Waals surface area contributed by atoms with Gasteiger partial charge in [-0.1, -0.05) is 24.3 Å². The number of hydrogen-bond acceptors (Lipinski definition) is 6. The highest BCUT2D eigenvalue weighted by molar-refractivity contribution is 5.75. The highest BCUT2D eigenvalue weighted by atomic mass is 16.6. The Morgan fingerprint density at radius 1 is 1.42 bits per heavy atom. The van der Waals surface area contributed by atoms with Crippen molar-refractivity contribution in [3.05, 3.63) is 45.8 Å². The molecule has 1 atom stereocenters. The van der Waals surface area contributed by atoms with Gasteiger partial charge in [0.25, 0.3) is 0 Å². The van der Waals surface area contributed by atoms with Crippen molar-refractivity contribution in [2.45, 2.75) is 26.4 Å². The summed E-state index contributed by atoms with van der Waals surface area (Å²) < 4.78 is 6.17. The Morgan fingerprint density at radius 3 is 2.58 bits per heavy atom. The van der Waals surface area contributed by atoms with Gasteiger partial charge in [-0.15, -0.1) is 0 Å². The Kier molecular flexibility index (Phi) is 5.30. The zero-order valence-corrected chi connectivity index (χ0v) is 13.7. The minimum absolute atomic E-state index is 0.0770. The number of hydrogen-bond donors (Lipinski definition) is 1. The van der Waals surface area contributed by atoms with Crippen LogP contribution < -0.4 is 0 Å². The summed E-state index contributed by atoms with van der Waals surface area (Å²) in [6.45, 7) is 3.57. The van der Waals surface area contributed by atoms with Crippen molar-refractivity contribution in [2.75, 3.05) is 6.61 Å². The van der Waals surface area contributed by atoms with E-state index in [-0.39, 0.29) is 24.5 Å². The molecule has 0 amide bonds. The predicted molar refractivity (Wildman–Crippen MR) is 86.4 cm³/mol. The number of carbonyl (C=O) groups is 1. The molecule has 0 radical (unpaired) electrons. The van der Waals surface area contributed by atoms with Gasteiger partial charge >= 0.3 is 11.8 Å². The Bertz CT molecular complexity index is 752. The van der Waals surface area contributed by atoms with E-state index in [1.54, 1.807) is 45.2 Å². The third-order valence-electron chi connectivity index (χ3n) is 3.68. The Hall–Kier alpha value is -2.74. The van der Waals surface area contributed by atoms with Gasteiger partial charge in [0.05, 0.1) is 13.7 Å². The quantitative estimate of drug-likeness (QED) is 0.490. The fourth-order valence-corrected chi connectivity index (χ4v) is 2.35. The third kappa shape index (κ3) is 3.60. The van der Waals surface area contributed by atoms with Gasteiger partial charge in [-0.25, -0.2) is 14.3 Å². The van der Waals surface area contributed by atoms with Crippen molar-refractivity contribution in [3.8, 4) is 11.3 Å². The van der Waals surface area contributed by atoms with E-state index >= 15 is 0 Å². The molecule has 0 saturated carbocycles. The Labute approximate surface area is 138 Å². The number of esters is 1. The van der Waals surface area contributed by atoms with E-state index in [9.17, 15) is 20.0 Å². The molecule has 0 bridgehead atoms. The van der Waals surface area contributed by atoms with Crippen LogP contribution in [0.4, 0.5) is 5.82 Å². The highest BCUT2D eigenvalue weighted by Gasteiger charge is 2.24. The number of aromatic nitrogens is 2. The normalized spacial score (nSPS) is 12.0. The lowest BCUT2D eigenvalue weighted by molar-refractivity contribution is -0.391. The van der Waals surface area contributed by atoms with Gasteiger partial charge in [0.15, 0.2) is 17.6 Å². The molecule has 2 aromatic rings. The van der Waals surface area contributed by atoms with Crippen molar-refractivity contribution < 1.29 is 19.6 Å². The number of rotatable bonds is 6. The number of carbonyl (C=O) groups excluding carboxylic acids is 1. The molecule has 0 aliphatic rings. The van der Waals surface area contributed by atoms with Crippen molar-refractivity contribution in [1.29, 1.82) is 0 Å². The van der Waals surface area contributed by atoms with E-state index in [0.717, 1.165) is 5.56 Å². The maximum Gasteiger partial charge on any atom is 0.350 e. The molecule has 0 fully saturated rings. The number of nitrogens with zero attached hydrogens (tertiary/aromatic N) is 3. The van der Waals surface area contributed by atoms with E-state index in [2.05, 4.69) is 4.98 Å². The molecule has 2 rings (SSSR count). The first-order valence-electron chi connectivity index (χ1n) is 7.46. The summed E-state index contributed by atoms with van der Waals surface area (Å²) in [6, 6.07) is 6.76. The average molecular weight is 333 g/mol. The Morgan fingerprint density at radius 2 is 2.04 bits per heavy atom. The number of aliphatic hydroxyl groups is 1. The Balaban J connectivity index is 2.23.